The van der Waals surface area contributed by atoms with Gasteiger partial charge >= 0.3 is 0 Å². The normalized spacial score (nSPS) is 13.2. The standard InChI is InChI=1S/C31H50N2O/c1-23(2)32(24(3)4)20-13-12-14-27-17-18-31(34)30(22-27)29(28-15-10-9-11-16-28)19-21-33(25(5)6)26(7)8/h9-11,15-18,22-26,29,34H,12-14,19-21H2,1-8H3. The molecule has 1 atom stereocenters. The van der Waals surface area contributed by atoms with Gasteiger partial charge in [0.05, 0.1) is 0 Å². The molecule has 0 fully saturated rings. The SMILES string of the molecule is CC(C)N(CCCCc1ccc(O)c(C(CCN(C(C)C)C(C)C)c2ccccc2)c1)C(C)C. The Morgan fingerprint density at radius 3 is 1.79 bits per heavy atom. The minimum Gasteiger partial charge on any atom is -0.508 e. The van der Waals surface area contributed by atoms with Crippen molar-refractivity contribution in [3.8, 4) is 5.75 Å². The fourth-order valence-electron chi connectivity index (χ4n) is 5.35. The Labute approximate surface area is 210 Å². The smallest absolute Gasteiger partial charge is 0.119 e. The molecular formula is C31H50N2O. The van der Waals surface area contributed by atoms with E-state index in [0.29, 0.717) is 29.9 Å². The van der Waals surface area contributed by atoms with E-state index >= 15 is 0 Å². The van der Waals surface area contributed by atoms with Gasteiger partial charge in [0, 0.05) is 35.6 Å². The van der Waals surface area contributed by atoms with Gasteiger partial charge in [-0.1, -0.05) is 42.5 Å². The average Bonchev–Trinajstić information content (AvgIpc) is 2.77. The van der Waals surface area contributed by atoms with Gasteiger partial charge < -0.3 is 5.11 Å². The quantitative estimate of drug-likeness (QED) is 0.292. The predicted molar refractivity (Wildman–Crippen MR) is 148 cm³/mol. The monoisotopic (exact) mass is 466 g/mol. The number of aromatic hydroxyl groups is 1. The van der Waals surface area contributed by atoms with E-state index in [4.69, 9.17) is 0 Å². The molecule has 0 aliphatic carbocycles. The van der Waals surface area contributed by atoms with Gasteiger partial charge in [0.1, 0.15) is 5.75 Å². The summed E-state index contributed by atoms with van der Waals surface area (Å²) in [4.78, 5) is 5.12. The molecule has 2 aromatic carbocycles. The fraction of sp³-hybridized carbons (Fsp3) is 0.613. The van der Waals surface area contributed by atoms with Crippen molar-refractivity contribution in [3.05, 3.63) is 65.2 Å². The molecule has 0 aliphatic heterocycles. The highest BCUT2D eigenvalue weighted by Gasteiger charge is 2.22. The number of unbranched alkanes of at least 4 members (excludes halogenated alkanes) is 1. The van der Waals surface area contributed by atoms with Gasteiger partial charge in [-0.05, 0) is 111 Å². The lowest BCUT2D eigenvalue weighted by Gasteiger charge is -2.32. The number of nitrogens with zero attached hydrogens (tertiary/aromatic N) is 2. The Bertz CT molecular complexity index is 813. The molecule has 0 heterocycles. The molecule has 34 heavy (non-hydrogen) atoms. The molecule has 0 radical (unpaired) electrons. The molecule has 0 aliphatic rings. The topological polar surface area (TPSA) is 26.7 Å². The maximum absolute atomic E-state index is 10.9. The molecule has 1 unspecified atom stereocenters. The Kier molecular flexibility index (Phi) is 11.6. The van der Waals surface area contributed by atoms with Crippen LogP contribution < -0.4 is 0 Å². The van der Waals surface area contributed by atoms with Crippen LogP contribution >= 0.6 is 0 Å². The van der Waals surface area contributed by atoms with Crippen LogP contribution in [0.25, 0.3) is 0 Å². The molecule has 3 nitrogen and oxygen atoms in total. The summed E-state index contributed by atoms with van der Waals surface area (Å²) in [5.41, 5.74) is 3.69. The molecule has 2 aromatic rings. The summed E-state index contributed by atoms with van der Waals surface area (Å²) in [6.07, 6.45) is 4.43. The first kappa shape index (κ1) is 28.4. The predicted octanol–water partition coefficient (Wildman–Crippen LogP) is 7.47. The summed E-state index contributed by atoms with van der Waals surface area (Å²) in [5.74, 6) is 0.613. The fourth-order valence-corrected chi connectivity index (χ4v) is 5.35. The molecule has 3 heteroatoms. The van der Waals surface area contributed by atoms with Gasteiger partial charge in [-0.25, -0.2) is 0 Å². The van der Waals surface area contributed by atoms with E-state index in [1.165, 1.54) is 24.0 Å². The molecule has 1 N–H and O–H groups in total. The van der Waals surface area contributed by atoms with Crippen molar-refractivity contribution in [2.75, 3.05) is 13.1 Å². The van der Waals surface area contributed by atoms with Crippen LogP contribution in [-0.2, 0) is 6.42 Å². The molecule has 0 spiro atoms. The van der Waals surface area contributed by atoms with E-state index < -0.39 is 0 Å². The first-order valence-electron chi connectivity index (χ1n) is 13.5. The van der Waals surface area contributed by atoms with Crippen molar-refractivity contribution >= 4 is 0 Å². The molecule has 0 bridgehead atoms. The molecule has 0 amide bonds. The summed E-state index contributed by atoms with van der Waals surface area (Å²) in [6.45, 7) is 20.4. The van der Waals surface area contributed by atoms with Crippen LogP contribution in [0.1, 0.15) is 97.3 Å². The summed E-state index contributed by atoms with van der Waals surface area (Å²) in [7, 11) is 0. The summed E-state index contributed by atoms with van der Waals surface area (Å²) in [5, 5.41) is 10.9. The Balaban J connectivity index is 2.17. The van der Waals surface area contributed by atoms with Crippen molar-refractivity contribution in [3.63, 3.8) is 0 Å². The van der Waals surface area contributed by atoms with Crippen LogP contribution in [0.15, 0.2) is 48.5 Å². The van der Waals surface area contributed by atoms with Gasteiger partial charge in [-0.15, -0.1) is 0 Å². The first-order valence-corrected chi connectivity index (χ1v) is 13.5. The second-order valence-corrected chi connectivity index (χ2v) is 11.0. The molecule has 0 saturated heterocycles. The minimum atomic E-state index is 0.193. The average molecular weight is 467 g/mol. The van der Waals surface area contributed by atoms with E-state index in [1.807, 2.05) is 6.07 Å². The number of rotatable bonds is 14. The maximum Gasteiger partial charge on any atom is 0.119 e. The third-order valence-corrected chi connectivity index (χ3v) is 7.13. The lowest BCUT2D eigenvalue weighted by atomic mass is 9.86. The van der Waals surface area contributed by atoms with Crippen molar-refractivity contribution in [2.24, 2.45) is 0 Å². The number of phenolic OH excluding ortho intramolecular Hbond substituents is 1. The van der Waals surface area contributed by atoms with Crippen molar-refractivity contribution in [1.29, 1.82) is 0 Å². The van der Waals surface area contributed by atoms with Crippen molar-refractivity contribution in [1.82, 2.24) is 9.80 Å². The number of hydrogen-bond acceptors (Lipinski definition) is 3. The number of aryl methyl sites for hydroxylation is 1. The molecule has 0 aromatic heterocycles. The van der Waals surface area contributed by atoms with Gasteiger partial charge in [0.15, 0.2) is 0 Å². The highest BCUT2D eigenvalue weighted by molar-refractivity contribution is 5.43. The van der Waals surface area contributed by atoms with Gasteiger partial charge in [-0.3, -0.25) is 9.80 Å². The summed E-state index contributed by atoms with van der Waals surface area (Å²) < 4.78 is 0. The second-order valence-electron chi connectivity index (χ2n) is 11.0. The van der Waals surface area contributed by atoms with Crippen LogP contribution in [0, 0.1) is 0 Å². The van der Waals surface area contributed by atoms with E-state index in [2.05, 4.69) is 108 Å². The lowest BCUT2D eigenvalue weighted by Crippen LogP contribution is -2.38. The van der Waals surface area contributed by atoms with E-state index in [9.17, 15) is 5.11 Å². The van der Waals surface area contributed by atoms with Gasteiger partial charge in [-0.2, -0.15) is 0 Å². The highest BCUT2D eigenvalue weighted by atomic mass is 16.3. The minimum absolute atomic E-state index is 0.193. The lowest BCUT2D eigenvalue weighted by molar-refractivity contribution is 0.170. The largest absolute Gasteiger partial charge is 0.508 e. The Morgan fingerprint density at radius 1 is 0.676 bits per heavy atom. The maximum atomic E-state index is 10.9. The number of phenols is 1. The molecular weight excluding hydrogens is 416 g/mol. The first-order chi connectivity index (χ1) is 16.1. The number of hydrogen-bond donors (Lipinski definition) is 1. The van der Waals surface area contributed by atoms with Crippen LogP contribution in [0.4, 0.5) is 0 Å². The molecule has 0 saturated carbocycles. The van der Waals surface area contributed by atoms with E-state index in [1.54, 1.807) is 0 Å². The summed E-state index contributed by atoms with van der Waals surface area (Å²) >= 11 is 0. The van der Waals surface area contributed by atoms with Crippen molar-refractivity contribution in [2.45, 2.75) is 111 Å². The zero-order valence-electron chi connectivity index (χ0n) is 23.1. The Morgan fingerprint density at radius 2 is 1.24 bits per heavy atom. The zero-order valence-corrected chi connectivity index (χ0v) is 23.1. The van der Waals surface area contributed by atoms with E-state index in [0.717, 1.165) is 31.5 Å². The zero-order chi connectivity index (χ0) is 25.3. The van der Waals surface area contributed by atoms with Crippen molar-refractivity contribution < 1.29 is 5.11 Å². The highest BCUT2D eigenvalue weighted by Crippen LogP contribution is 2.35. The third-order valence-electron chi connectivity index (χ3n) is 7.13. The Hall–Kier alpha value is -1.84. The molecule has 190 valence electrons. The van der Waals surface area contributed by atoms with Crippen LogP contribution in [0.2, 0.25) is 0 Å². The van der Waals surface area contributed by atoms with Crippen LogP contribution in [-0.4, -0.2) is 52.2 Å². The molecule has 2 rings (SSSR count). The number of benzene rings is 2. The van der Waals surface area contributed by atoms with Crippen LogP contribution in [0.3, 0.4) is 0 Å². The van der Waals surface area contributed by atoms with Crippen LogP contribution in [0.5, 0.6) is 5.75 Å². The second kappa shape index (κ2) is 13.9. The third kappa shape index (κ3) is 8.43. The summed E-state index contributed by atoms with van der Waals surface area (Å²) in [6, 6.07) is 19.2. The van der Waals surface area contributed by atoms with E-state index in [-0.39, 0.29) is 5.92 Å². The van der Waals surface area contributed by atoms with Gasteiger partial charge in [0.2, 0.25) is 0 Å². The van der Waals surface area contributed by atoms with Gasteiger partial charge in [0.25, 0.3) is 0 Å².